The van der Waals surface area contributed by atoms with Gasteiger partial charge in [0.05, 0.1) is 20.1 Å². The second kappa shape index (κ2) is 6.70. The lowest BCUT2D eigenvalue weighted by Crippen LogP contribution is -2.29. The van der Waals surface area contributed by atoms with Gasteiger partial charge in [-0.2, -0.15) is 5.10 Å². The first kappa shape index (κ1) is 16.0. The van der Waals surface area contributed by atoms with Crippen LogP contribution >= 0.6 is 0 Å². The molecule has 1 heterocycles. The Balaban J connectivity index is 1.81. The van der Waals surface area contributed by atoms with Crippen molar-refractivity contribution in [1.29, 1.82) is 0 Å². The Hall–Kier alpha value is -2.89. The highest BCUT2D eigenvalue weighted by Crippen LogP contribution is 2.24. The van der Waals surface area contributed by atoms with Crippen LogP contribution in [-0.4, -0.2) is 39.7 Å². The fourth-order valence-electron chi connectivity index (χ4n) is 2.66. The molecule has 0 radical (unpaired) electrons. The van der Waals surface area contributed by atoms with Crippen molar-refractivity contribution in [1.82, 2.24) is 19.7 Å². The normalized spacial score (nSPS) is 10.8. The number of hydrogen-bond acceptors (Lipinski definition) is 4. The summed E-state index contributed by atoms with van der Waals surface area (Å²) in [6, 6.07) is 11.9. The van der Waals surface area contributed by atoms with Crippen molar-refractivity contribution in [3.05, 3.63) is 54.1 Å². The molecule has 0 aliphatic heterocycles. The Morgan fingerprint density at radius 3 is 2.83 bits per heavy atom. The first-order chi connectivity index (χ1) is 11.6. The smallest absolute Gasteiger partial charge is 0.227 e. The molecule has 0 saturated heterocycles. The Labute approximate surface area is 140 Å². The summed E-state index contributed by atoms with van der Waals surface area (Å²) in [5.41, 5.74) is 0.987. The minimum atomic E-state index is 0.0355. The van der Waals surface area contributed by atoms with Gasteiger partial charge in [0, 0.05) is 14.1 Å². The number of ether oxygens (including phenoxy) is 1. The summed E-state index contributed by atoms with van der Waals surface area (Å²) in [5.74, 6) is 1.58. The molecule has 0 atom stereocenters. The molecule has 0 spiro atoms. The first-order valence-corrected chi connectivity index (χ1v) is 7.71. The summed E-state index contributed by atoms with van der Waals surface area (Å²) in [5, 5.41) is 6.16. The van der Waals surface area contributed by atoms with E-state index < -0.39 is 0 Å². The van der Waals surface area contributed by atoms with Crippen LogP contribution in [0, 0.1) is 0 Å². The van der Waals surface area contributed by atoms with E-state index in [9.17, 15) is 4.79 Å². The third-order valence-corrected chi connectivity index (χ3v) is 4.13. The van der Waals surface area contributed by atoms with Gasteiger partial charge in [-0.25, -0.2) is 4.98 Å². The summed E-state index contributed by atoms with van der Waals surface area (Å²) in [4.78, 5) is 18.4. The molecule has 0 aliphatic rings. The largest absolute Gasteiger partial charge is 0.497 e. The first-order valence-electron chi connectivity index (χ1n) is 7.71. The molecule has 0 fully saturated rings. The van der Waals surface area contributed by atoms with Crippen molar-refractivity contribution in [3.8, 4) is 5.75 Å². The van der Waals surface area contributed by atoms with Crippen LogP contribution in [0.25, 0.3) is 10.8 Å². The molecule has 2 aromatic carbocycles. The highest BCUT2D eigenvalue weighted by atomic mass is 16.5. The van der Waals surface area contributed by atoms with Crippen LogP contribution in [0.4, 0.5) is 0 Å². The van der Waals surface area contributed by atoms with Crippen LogP contribution in [0.2, 0.25) is 0 Å². The Kier molecular flexibility index (Phi) is 4.46. The van der Waals surface area contributed by atoms with Crippen LogP contribution in [-0.2, 0) is 24.8 Å². The number of amides is 1. The Morgan fingerprint density at radius 1 is 1.29 bits per heavy atom. The van der Waals surface area contributed by atoms with Crippen molar-refractivity contribution in [2.45, 2.75) is 13.0 Å². The van der Waals surface area contributed by atoms with Crippen LogP contribution in [0.3, 0.4) is 0 Å². The minimum absolute atomic E-state index is 0.0355. The van der Waals surface area contributed by atoms with Gasteiger partial charge in [0.2, 0.25) is 5.91 Å². The molecule has 124 valence electrons. The van der Waals surface area contributed by atoms with Crippen molar-refractivity contribution in [3.63, 3.8) is 0 Å². The van der Waals surface area contributed by atoms with Gasteiger partial charge in [0.15, 0.2) is 0 Å². The van der Waals surface area contributed by atoms with Gasteiger partial charge in [-0.05, 0) is 28.5 Å². The number of fused-ring (bicyclic) bond motifs is 1. The maximum atomic E-state index is 12.6. The molecule has 0 saturated carbocycles. The van der Waals surface area contributed by atoms with E-state index in [-0.39, 0.29) is 5.91 Å². The second-order valence-electron chi connectivity index (χ2n) is 5.73. The van der Waals surface area contributed by atoms with E-state index >= 15 is 0 Å². The van der Waals surface area contributed by atoms with Gasteiger partial charge in [-0.1, -0.05) is 24.3 Å². The molecule has 0 unspecified atom stereocenters. The molecule has 0 N–H and O–H groups in total. The third-order valence-electron chi connectivity index (χ3n) is 4.13. The molecule has 3 rings (SSSR count). The molecule has 0 aliphatic carbocycles. The molecule has 24 heavy (non-hydrogen) atoms. The lowest BCUT2D eigenvalue weighted by atomic mass is 10.0. The number of rotatable bonds is 5. The van der Waals surface area contributed by atoms with Gasteiger partial charge < -0.3 is 9.64 Å². The zero-order valence-corrected chi connectivity index (χ0v) is 14.1. The SMILES string of the molecule is COc1ccc2cccc(CC(=O)N(C)Cc3ncnn3C)c2c1. The molecule has 6 heteroatoms. The van der Waals surface area contributed by atoms with Gasteiger partial charge >= 0.3 is 0 Å². The van der Waals surface area contributed by atoms with Crippen LogP contribution < -0.4 is 4.74 Å². The average molecular weight is 324 g/mol. The van der Waals surface area contributed by atoms with Crippen molar-refractivity contribution >= 4 is 16.7 Å². The number of aromatic nitrogens is 3. The third kappa shape index (κ3) is 3.22. The lowest BCUT2D eigenvalue weighted by Gasteiger charge is -2.17. The lowest BCUT2D eigenvalue weighted by molar-refractivity contribution is -0.129. The predicted molar refractivity (Wildman–Crippen MR) is 91.7 cm³/mol. The van der Waals surface area contributed by atoms with Gasteiger partial charge in [0.25, 0.3) is 0 Å². The maximum Gasteiger partial charge on any atom is 0.227 e. The average Bonchev–Trinajstić information content (AvgIpc) is 2.99. The minimum Gasteiger partial charge on any atom is -0.497 e. The number of carbonyl (C=O) groups is 1. The van der Waals surface area contributed by atoms with Crippen LogP contribution in [0.1, 0.15) is 11.4 Å². The van der Waals surface area contributed by atoms with E-state index in [0.29, 0.717) is 13.0 Å². The number of likely N-dealkylation sites (N-methyl/N-ethyl adjacent to an activating group) is 1. The van der Waals surface area contributed by atoms with Crippen LogP contribution in [0.15, 0.2) is 42.7 Å². The van der Waals surface area contributed by atoms with E-state index in [2.05, 4.69) is 10.1 Å². The van der Waals surface area contributed by atoms with Gasteiger partial charge in [0.1, 0.15) is 17.9 Å². The highest BCUT2D eigenvalue weighted by Gasteiger charge is 2.14. The summed E-state index contributed by atoms with van der Waals surface area (Å²) in [6.45, 7) is 0.434. The maximum absolute atomic E-state index is 12.6. The molecular weight excluding hydrogens is 304 g/mol. The van der Waals surface area contributed by atoms with Gasteiger partial charge in [-0.15, -0.1) is 0 Å². The van der Waals surface area contributed by atoms with Crippen LogP contribution in [0.5, 0.6) is 5.75 Å². The van der Waals surface area contributed by atoms with Gasteiger partial charge in [-0.3, -0.25) is 9.48 Å². The number of aryl methyl sites for hydroxylation is 1. The van der Waals surface area contributed by atoms with E-state index in [1.807, 2.05) is 43.4 Å². The van der Waals surface area contributed by atoms with E-state index in [4.69, 9.17) is 4.74 Å². The van der Waals surface area contributed by atoms with Crippen molar-refractivity contribution in [2.75, 3.05) is 14.2 Å². The van der Waals surface area contributed by atoms with E-state index in [1.165, 1.54) is 6.33 Å². The zero-order valence-electron chi connectivity index (χ0n) is 14.1. The second-order valence-corrected chi connectivity index (χ2v) is 5.73. The Bertz CT molecular complexity index is 872. The number of nitrogens with zero attached hydrogens (tertiary/aromatic N) is 4. The fraction of sp³-hybridized carbons (Fsp3) is 0.278. The van der Waals surface area contributed by atoms with Crippen molar-refractivity contribution in [2.24, 2.45) is 7.05 Å². The number of benzene rings is 2. The summed E-state index contributed by atoms with van der Waals surface area (Å²) in [7, 11) is 5.24. The summed E-state index contributed by atoms with van der Waals surface area (Å²) in [6.07, 6.45) is 1.82. The quantitative estimate of drug-likeness (QED) is 0.722. The Morgan fingerprint density at radius 2 is 2.12 bits per heavy atom. The standard InChI is InChI=1S/C18H20N4O2/c1-21(11-17-19-12-20-22(17)2)18(23)9-14-6-4-5-13-7-8-15(24-3)10-16(13)14/h4-8,10,12H,9,11H2,1-3H3. The number of hydrogen-bond donors (Lipinski definition) is 0. The monoisotopic (exact) mass is 324 g/mol. The number of carbonyl (C=O) groups excluding carboxylic acids is 1. The number of methoxy groups -OCH3 is 1. The summed E-state index contributed by atoms with van der Waals surface area (Å²) < 4.78 is 6.97. The molecule has 3 aromatic rings. The molecule has 0 bridgehead atoms. The topological polar surface area (TPSA) is 60.2 Å². The fourth-order valence-corrected chi connectivity index (χ4v) is 2.66. The molecule has 1 amide bonds. The van der Waals surface area contributed by atoms with Crippen molar-refractivity contribution < 1.29 is 9.53 Å². The molecule has 1 aromatic heterocycles. The molecular formula is C18H20N4O2. The molecule has 6 nitrogen and oxygen atoms in total. The summed E-state index contributed by atoms with van der Waals surface area (Å²) >= 11 is 0. The predicted octanol–water partition coefficient (Wildman–Crippen LogP) is 2.18. The highest BCUT2D eigenvalue weighted by molar-refractivity contribution is 5.91. The van der Waals surface area contributed by atoms with E-state index in [1.54, 1.807) is 23.7 Å². The van der Waals surface area contributed by atoms with E-state index in [0.717, 1.165) is 27.9 Å². The zero-order chi connectivity index (χ0) is 17.1.